The summed E-state index contributed by atoms with van der Waals surface area (Å²) < 4.78 is 6.58. The van der Waals surface area contributed by atoms with Gasteiger partial charge in [-0.2, -0.15) is 0 Å². The molecule has 0 saturated carbocycles. The van der Waals surface area contributed by atoms with Crippen LogP contribution in [0.3, 0.4) is 0 Å². The Hall–Kier alpha value is -2.82. The van der Waals surface area contributed by atoms with E-state index < -0.39 is 0 Å². The third-order valence-corrected chi connectivity index (χ3v) is 5.54. The Morgan fingerprint density at radius 1 is 1.00 bits per heavy atom. The van der Waals surface area contributed by atoms with Crippen LogP contribution in [0.4, 0.5) is 0 Å². The van der Waals surface area contributed by atoms with Gasteiger partial charge in [0.25, 0.3) is 0 Å². The first-order valence-corrected chi connectivity index (χ1v) is 8.99. The Morgan fingerprint density at radius 2 is 1.77 bits per heavy atom. The number of benzene rings is 2. The summed E-state index contributed by atoms with van der Waals surface area (Å²) in [5.74, 6) is 0.977. The fraction of sp³-hybridized carbons (Fsp3) is 0.333. The van der Waals surface area contributed by atoms with Crippen LogP contribution in [0.2, 0.25) is 0 Å². The molecule has 0 N–H and O–H groups in total. The van der Waals surface area contributed by atoms with E-state index in [0.717, 1.165) is 22.3 Å². The fourth-order valence-corrected chi connectivity index (χ4v) is 4.36. The summed E-state index contributed by atoms with van der Waals surface area (Å²) >= 11 is 0. The zero-order valence-electron chi connectivity index (χ0n) is 16.1. The lowest BCUT2D eigenvalue weighted by Crippen LogP contribution is -2.11. The number of imidazole rings is 3. The molecule has 0 fully saturated rings. The minimum Gasteiger partial charge on any atom is -0.333 e. The molecule has 26 heavy (non-hydrogen) atoms. The van der Waals surface area contributed by atoms with Crippen LogP contribution in [0.5, 0.6) is 0 Å². The van der Waals surface area contributed by atoms with Crippen molar-refractivity contribution in [2.75, 3.05) is 0 Å². The summed E-state index contributed by atoms with van der Waals surface area (Å²) in [6, 6.07) is 8.69. The van der Waals surface area contributed by atoms with E-state index in [-0.39, 0.29) is 5.41 Å². The fourth-order valence-electron chi connectivity index (χ4n) is 4.36. The van der Waals surface area contributed by atoms with Gasteiger partial charge in [0.1, 0.15) is 0 Å². The molecule has 0 unspecified atom stereocenters. The molecule has 0 saturated heterocycles. The second kappa shape index (κ2) is 4.67. The summed E-state index contributed by atoms with van der Waals surface area (Å²) in [5.41, 5.74) is 9.41. The number of rotatable bonds is 0. The molecule has 0 aliphatic carbocycles. The van der Waals surface area contributed by atoms with Crippen molar-refractivity contribution < 1.29 is 0 Å². The molecule has 0 bridgehead atoms. The lowest BCUT2D eigenvalue weighted by atomic mass is 9.86. The predicted molar refractivity (Wildman–Crippen MR) is 107 cm³/mol. The Balaban J connectivity index is 2.04. The zero-order chi connectivity index (χ0) is 18.4. The number of hydrogen-bond acceptors (Lipinski definition) is 2. The van der Waals surface area contributed by atoms with Gasteiger partial charge in [-0.3, -0.25) is 4.40 Å². The maximum atomic E-state index is 5.06. The van der Waals surface area contributed by atoms with Crippen LogP contribution >= 0.6 is 0 Å². The van der Waals surface area contributed by atoms with Gasteiger partial charge in [-0.05, 0) is 30.0 Å². The lowest BCUT2D eigenvalue weighted by molar-refractivity contribution is 0.595. The molecule has 0 atom stereocenters. The van der Waals surface area contributed by atoms with Crippen LogP contribution in [0.25, 0.3) is 38.9 Å². The molecule has 0 spiro atoms. The molecule has 5 rings (SSSR count). The molecule has 0 aliphatic heterocycles. The Kier molecular flexibility index (Phi) is 2.77. The van der Waals surface area contributed by atoms with Crippen LogP contribution in [0.1, 0.15) is 31.9 Å². The first-order valence-electron chi connectivity index (χ1n) is 8.99. The van der Waals surface area contributed by atoms with Crippen molar-refractivity contribution in [2.24, 2.45) is 14.1 Å². The maximum absolute atomic E-state index is 5.06. The molecule has 5 aromatic rings. The van der Waals surface area contributed by atoms with Gasteiger partial charge in [-0.25, -0.2) is 9.97 Å². The highest BCUT2D eigenvalue weighted by Gasteiger charge is 2.23. The summed E-state index contributed by atoms with van der Waals surface area (Å²) in [6.45, 7) is 8.90. The first-order chi connectivity index (χ1) is 12.3. The first kappa shape index (κ1) is 15.4. The highest BCUT2D eigenvalue weighted by molar-refractivity contribution is 6.01. The number of hydrogen-bond donors (Lipinski definition) is 0. The Labute approximate surface area is 151 Å². The third kappa shape index (κ3) is 1.75. The third-order valence-electron chi connectivity index (χ3n) is 5.54. The molecule has 5 heteroatoms. The second-order valence-electron chi connectivity index (χ2n) is 8.32. The van der Waals surface area contributed by atoms with E-state index in [4.69, 9.17) is 4.98 Å². The molecule has 132 valence electrons. The SMILES string of the molecule is Cc1c2c(cc3c1n(C)c1nc4c(C(C)(C)C)cccc4n31)ncn2C. The van der Waals surface area contributed by atoms with Gasteiger partial charge in [0.05, 0.1) is 39.4 Å². The van der Waals surface area contributed by atoms with Gasteiger partial charge in [0, 0.05) is 19.7 Å². The van der Waals surface area contributed by atoms with Gasteiger partial charge in [0.2, 0.25) is 5.78 Å². The molecule has 0 amide bonds. The molecule has 5 nitrogen and oxygen atoms in total. The molecule has 3 aromatic heterocycles. The topological polar surface area (TPSA) is 40.1 Å². The van der Waals surface area contributed by atoms with Crippen LogP contribution < -0.4 is 0 Å². The van der Waals surface area contributed by atoms with Crippen LogP contribution in [-0.2, 0) is 19.5 Å². The van der Waals surface area contributed by atoms with Crippen LogP contribution in [0, 0.1) is 6.92 Å². The maximum Gasteiger partial charge on any atom is 0.215 e. The van der Waals surface area contributed by atoms with E-state index in [1.165, 1.54) is 27.7 Å². The van der Waals surface area contributed by atoms with Crippen LogP contribution in [-0.4, -0.2) is 23.5 Å². The van der Waals surface area contributed by atoms with E-state index in [0.29, 0.717) is 0 Å². The van der Waals surface area contributed by atoms with Gasteiger partial charge < -0.3 is 9.13 Å². The molecule has 3 heterocycles. The molecular formula is C21H23N5. The lowest BCUT2D eigenvalue weighted by Gasteiger charge is -2.19. The van der Waals surface area contributed by atoms with E-state index in [9.17, 15) is 0 Å². The van der Waals surface area contributed by atoms with Crippen molar-refractivity contribution in [3.8, 4) is 0 Å². The van der Waals surface area contributed by atoms with Crippen molar-refractivity contribution in [1.82, 2.24) is 23.5 Å². The Bertz CT molecular complexity index is 1340. The van der Waals surface area contributed by atoms with Crippen molar-refractivity contribution in [3.63, 3.8) is 0 Å². The number of aromatic nitrogens is 5. The molecular weight excluding hydrogens is 322 g/mol. The largest absolute Gasteiger partial charge is 0.333 e. The van der Waals surface area contributed by atoms with Crippen molar-refractivity contribution in [2.45, 2.75) is 33.1 Å². The standard InChI is InChI=1S/C21H23N5/c1-12-18-14(22-11-24(18)5)10-16-19(12)25(6)20-23-17-13(21(2,3)4)8-7-9-15(17)26(16)20/h7-11H,1-6H3. The summed E-state index contributed by atoms with van der Waals surface area (Å²) in [5, 5.41) is 0. The normalized spacial score (nSPS) is 13.0. The van der Waals surface area contributed by atoms with E-state index in [2.05, 4.69) is 77.5 Å². The van der Waals surface area contributed by atoms with Gasteiger partial charge in [0.15, 0.2) is 0 Å². The van der Waals surface area contributed by atoms with E-state index in [1.807, 2.05) is 13.4 Å². The molecule has 0 aliphatic rings. The van der Waals surface area contributed by atoms with Gasteiger partial charge >= 0.3 is 0 Å². The van der Waals surface area contributed by atoms with E-state index >= 15 is 0 Å². The number of fused-ring (bicyclic) bond motifs is 6. The minimum atomic E-state index is 0.0530. The van der Waals surface area contributed by atoms with Crippen LogP contribution in [0.15, 0.2) is 30.6 Å². The van der Waals surface area contributed by atoms with Gasteiger partial charge in [-0.1, -0.05) is 32.9 Å². The zero-order valence-corrected chi connectivity index (χ0v) is 16.1. The van der Waals surface area contributed by atoms with Crippen molar-refractivity contribution >= 4 is 38.9 Å². The monoisotopic (exact) mass is 345 g/mol. The van der Waals surface area contributed by atoms with Crippen molar-refractivity contribution in [1.29, 1.82) is 0 Å². The summed E-state index contributed by atoms with van der Waals surface area (Å²) in [7, 11) is 4.16. The summed E-state index contributed by atoms with van der Waals surface area (Å²) in [6.07, 6.45) is 1.89. The second-order valence-corrected chi connectivity index (χ2v) is 8.32. The van der Waals surface area contributed by atoms with Crippen molar-refractivity contribution in [3.05, 3.63) is 41.7 Å². The smallest absolute Gasteiger partial charge is 0.215 e. The highest BCUT2D eigenvalue weighted by Crippen LogP contribution is 2.35. The molecule has 0 radical (unpaired) electrons. The molecule has 2 aromatic carbocycles. The van der Waals surface area contributed by atoms with Gasteiger partial charge in [-0.15, -0.1) is 0 Å². The predicted octanol–water partition coefficient (Wildman–Crippen LogP) is 4.47. The number of para-hydroxylation sites is 1. The minimum absolute atomic E-state index is 0.0530. The van der Waals surface area contributed by atoms with E-state index in [1.54, 1.807) is 0 Å². The summed E-state index contributed by atoms with van der Waals surface area (Å²) in [4.78, 5) is 9.64. The average Bonchev–Trinajstić information content (AvgIpc) is 3.20. The Morgan fingerprint density at radius 3 is 2.50 bits per heavy atom. The number of nitrogens with zero attached hydrogens (tertiary/aromatic N) is 5. The number of aryl methyl sites for hydroxylation is 3. The highest BCUT2D eigenvalue weighted by atomic mass is 15.2. The average molecular weight is 345 g/mol. The quantitative estimate of drug-likeness (QED) is 0.415.